The fraction of sp³-hybridized carbons (Fsp3) is 0.679. The van der Waals surface area contributed by atoms with Gasteiger partial charge in [0.2, 0.25) is 0 Å². The minimum atomic E-state index is -6.79. The van der Waals surface area contributed by atoms with E-state index in [4.69, 9.17) is 0 Å². The second kappa shape index (κ2) is 22.4. The van der Waals surface area contributed by atoms with Crippen LogP contribution in [-0.2, 0) is 90.5 Å². The third kappa shape index (κ3) is 18.7. The average Bonchev–Trinajstić information content (AvgIpc) is 3.17. The molecule has 0 aliphatic carbocycles. The van der Waals surface area contributed by atoms with Crippen LogP contribution in [0.2, 0.25) is 0 Å². The predicted octanol–water partition coefficient (Wildman–Crippen LogP) is 3.35. The molecule has 71 heavy (non-hydrogen) atoms. The van der Waals surface area contributed by atoms with Gasteiger partial charge in [-0.25, -0.2) is 38.4 Å². The van der Waals surface area contributed by atoms with Crippen LogP contribution in [0.25, 0.3) is 0 Å². The quantitative estimate of drug-likeness (QED) is 0.0931. The van der Waals surface area contributed by atoms with Crippen molar-refractivity contribution >= 4 is 54.0 Å². The van der Waals surface area contributed by atoms with Crippen LogP contribution in [0.1, 0.15) is 0 Å². The molecule has 0 aromatic rings. The Bertz CT molecular complexity index is 1960. The molecule has 43 heteroatoms. The molecule has 408 valence electrons. The van der Waals surface area contributed by atoms with E-state index in [1.807, 2.05) is 0 Å². The second-order valence-corrected chi connectivity index (χ2v) is 12.3. The zero-order chi connectivity index (χ0) is 56.0. The number of carbonyl (C=O) groups is 9. The highest BCUT2D eigenvalue weighted by atomic mass is 19.4. The van der Waals surface area contributed by atoms with Gasteiger partial charge in [-0.3, -0.25) is 4.79 Å². The van der Waals surface area contributed by atoms with Crippen molar-refractivity contribution in [1.82, 2.24) is 0 Å². The van der Waals surface area contributed by atoms with Gasteiger partial charge in [-0.15, -0.1) is 0 Å². The Morgan fingerprint density at radius 1 is 0.408 bits per heavy atom. The van der Waals surface area contributed by atoms with E-state index in [-0.39, 0.29) is 0 Å². The number of ether oxygens (including phenoxy) is 10. The van der Waals surface area contributed by atoms with Gasteiger partial charge in [0.05, 0.1) is 0 Å². The van der Waals surface area contributed by atoms with Gasteiger partial charge < -0.3 is 47.4 Å². The number of hydrogen-bond acceptors (Lipinski definition) is 19. The van der Waals surface area contributed by atoms with Crippen molar-refractivity contribution in [3.63, 3.8) is 0 Å². The van der Waals surface area contributed by atoms with Crippen molar-refractivity contribution in [2.24, 2.45) is 0 Å². The van der Waals surface area contributed by atoms with Gasteiger partial charge in [-0.05, 0) is 0 Å². The highest BCUT2D eigenvalue weighted by molar-refractivity contribution is 5.80. The van der Waals surface area contributed by atoms with E-state index in [0.29, 0.717) is 0 Å². The van der Waals surface area contributed by atoms with Crippen molar-refractivity contribution < 1.29 is 196 Å². The summed E-state index contributed by atoms with van der Waals surface area (Å²) in [6.07, 6.45) is -94.8. The number of halogens is 24. The maximum absolute atomic E-state index is 13.6. The molecule has 1 fully saturated rings. The summed E-state index contributed by atoms with van der Waals surface area (Å²) in [5, 5.41) is 0. The molecule has 0 spiro atoms. The Kier molecular flexibility index (Phi) is 19.8. The van der Waals surface area contributed by atoms with E-state index >= 15 is 0 Å². The van der Waals surface area contributed by atoms with Gasteiger partial charge in [0.1, 0.15) is 25.4 Å². The summed E-state index contributed by atoms with van der Waals surface area (Å²) in [5.74, 6) is -31.9. The van der Waals surface area contributed by atoms with E-state index in [0.717, 1.165) is 0 Å². The lowest BCUT2D eigenvalue weighted by atomic mass is 9.97. The molecule has 0 bridgehead atoms. The molecule has 0 radical (unpaired) electrons. The summed E-state index contributed by atoms with van der Waals surface area (Å²) in [5.41, 5.74) is 0. The summed E-state index contributed by atoms with van der Waals surface area (Å²) in [7, 11) is 0. The molecular weight excluding hydrogens is 1100 g/mol. The lowest BCUT2D eigenvalue weighted by Crippen LogP contribution is -2.66. The molecule has 1 aliphatic heterocycles. The van der Waals surface area contributed by atoms with Crippen LogP contribution in [0.3, 0.4) is 0 Å². The van der Waals surface area contributed by atoms with E-state index in [1.54, 1.807) is 0 Å². The van der Waals surface area contributed by atoms with Crippen LogP contribution in [-0.4, -0.2) is 172 Å². The minimum Gasteiger partial charge on any atom is -0.456 e. The molecule has 1 aliphatic rings. The van der Waals surface area contributed by atoms with Gasteiger partial charge in [0, 0.05) is 0 Å². The Morgan fingerprint density at radius 3 is 1.13 bits per heavy atom. The topological polar surface area (TPSA) is 246 Å². The molecule has 0 aromatic heterocycles. The monoisotopic (exact) mass is 1110 g/mol. The number of carbonyl (C=O) groups excluding carboxylic acids is 9. The van der Waals surface area contributed by atoms with Gasteiger partial charge in [-0.1, -0.05) is 0 Å². The summed E-state index contributed by atoms with van der Waals surface area (Å²) >= 11 is 0. The number of rotatable bonds is 16. The third-order valence-electron chi connectivity index (χ3n) is 7.11. The number of hydrogen-bond donors (Lipinski definition) is 0. The Morgan fingerprint density at radius 2 is 0.746 bits per heavy atom. The average molecular weight is 1110 g/mol. The molecule has 19 nitrogen and oxygen atoms in total. The molecule has 9 unspecified atom stereocenters. The first kappa shape index (κ1) is 62.7. The van der Waals surface area contributed by atoms with Gasteiger partial charge in [0.25, 0.3) is 0 Å². The summed E-state index contributed by atoms with van der Waals surface area (Å²) in [6, 6.07) is 0. The minimum absolute atomic E-state index is 1.60. The van der Waals surface area contributed by atoms with Crippen molar-refractivity contribution in [3.8, 4) is 0 Å². The van der Waals surface area contributed by atoms with Crippen molar-refractivity contribution in [3.05, 3.63) is 0 Å². The second-order valence-electron chi connectivity index (χ2n) is 12.3. The Hall–Kier alpha value is -6.33. The first-order valence-corrected chi connectivity index (χ1v) is 16.5. The van der Waals surface area contributed by atoms with Crippen LogP contribution in [0.5, 0.6) is 0 Å². The molecule has 1 rings (SSSR count). The van der Waals surface area contributed by atoms with E-state index < -0.39 is 172 Å². The fourth-order valence-electron chi connectivity index (χ4n) is 4.38. The normalized spacial score (nSPS) is 21.2. The molecule has 0 aromatic carbocycles. The number of alkyl halides is 24. The maximum Gasteiger partial charge on any atom is 0.490 e. The van der Waals surface area contributed by atoms with E-state index in [9.17, 15) is 149 Å². The van der Waals surface area contributed by atoms with Crippen molar-refractivity contribution in [2.75, 3.05) is 13.2 Å². The fourth-order valence-corrected chi connectivity index (χ4v) is 4.38. The summed E-state index contributed by atoms with van der Waals surface area (Å²) < 4.78 is 357. The zero-order valence-electron chi connectivity index (χ0n) is 32.0. The van der Waals surface area contributed by atoms with Crippen molar-refractivity contribution in [1.29, 1.82) is 0 Å². The first-order chi connectivity index (χ1) is 31.5. The Labute approximate surface area is 368 Å². The molecule has 0 saturated carbocycles. The van der Waals surface area contributed by atoms with Crippen molar-refractivity contribution in [2.45, 2.75) is 105 Å². The van der Waals surface area contributed by atoms with Crippen LogP contribution in [0.4, 0.5) is 105 Å². The van der Waals surface area contributed by atoms with Gasteiger partial charge in [-0.2, -0.15) is 105 Å². The van der Waals surface area contributed by atoms with Crippen LogP contribution < -0.4 is 0 Å². The summed E-state index contributed by atoms with van der Waals surface area (Å²) in [4.78, 5) is 106. The number of esters is 8. The van der Waals surface area contributed by atoms with Crippen LogP contribution in [0, 0.1) is 0 Å². The van der Waals surface area contributed by atoms with Crippen LogP contribution >= 0.6 is 0 Å². The lowest BCUT2D eigenvalue weighted by Gasteiger charge is -2.46. The molecule has 0 amide bonds. The van der Waals surface area contributed by atoms with Gasteiger partial charge in [0.15, 0.2) is 49.2 Å². The lowest BCUT2D eigenvalue weighted by molar-refractivity contribution is -0.341. The maximum atomic E-state index is 13.6. The zero-order valence-corrected chi connectivity index (χ0v) is 32.0. The van der Waals surface area contributed by atoms with Crippen LogP contribution in [0.15, 0.2) is 0 Å². The molecular formula is C28H14F24O19. The highest BCUT2D eigenvalue weighted by Gasteiger charge is 2.62. The smallest absolute Gasteiger partial charge is 0.456 e. The Balaban J connectivity index is 4.81. The largest absolute Gasteiger partial charge is 0.490 e. The first-order valence-electron chi connectivity index (χ1n) is 16.5. The number of aldehydes is 1. The molecule has 9 atom stereocenters. The standard InChI is InChI=1S/C28H14F24O19/c29-21(30,31)13(54)62-2-5-9(69-18(59)26(44,45)46)10(70-19(60)27(47,48)49)11(71-20(61)28(50,51)52)12(64-5)67-8(6(66-16(57)24(38,39)40)3-63-14(55)22(32,33)34)7(68-17(58)25(41,42)43)4(1-53)65-15(56)23(35,36)37/h1,4-12H,2-3H2. The summed E-state index contributed by atoms with van der Waals surface area (Å²) in [6.45, 7) is -6.00. The molecule has 1 saturated heterocycles. The van der Waals surface area contributed by atoms with Gasteiger partial charge >= 0.3 is 97.2 Å². The van der Waals surface area contributed by atoms with E-state index in [2.05, 4.69) is 47.4 Å². The molecule has 1 heterocycles. The predicted molar refractivity (Wildman–Crippen MR) is 149 cm³/mol. The SMILES string of the molecule is O=CC(OC(=O)C(F)(F)F)C(OC(=O)C(F)(F)F)C(OC1OC(COC(=O)C(F)(F)F)C(OC(=O)C(F)(F)F)C(OC(=O)C(F)(F)F)C1OC(=O)C(F)(F)F)C(COC(=O)C(F)(F)F)OC(=O)C(F)(F)F. The third-order valence-corrected chi connectivity index (χ3v) is 7.11. The molecule has 0 N–H and O–H groups in total. The van der Waals surface area contributed by atoms with E-state index in [1.165, 1.54) is 0 Å². The highest BCUT2D eigenvalue weighted by Crippen LogP contribution is 2.37.